The van der Waals surface area contributed by atoms with Gasteiger partial charge in [-0.3, -0.25) is 4.79 Å². The third-order valence-electron chi connectivity index (χ3n) is 3.98. The highest BCUT2D eigenvalue weighted by Crippen LogP contribution is 2.12. The predicted molar refractivity (Wildman–Crippen MR) is 94.9 cm³/mol. The lowest BCUT2D eigenvalue weighted by molar-refractivity contribution is -0.134. The maximum Gasteiger partial charge on any atom is 0.409 e. The molecule has 25 heavy (non-hydrogen) atoms. The number of ether oxygens (including phenoxy) is 1. The Bertz CT molecular complexity index is 608. The Morgan fingerprint density at radius 3 is 2.28 bits per heavy atom. The van der Waals surface area contributed by atoms with Gasteiger partial charge in [0.05, 0.1) is 6.61 Å². The lowest BCUT2D eigenvalue weighted by Gasteiger charge is -2.35. The number of carbonyl (C=O) groups excluding carboxylic acids is 2. The molecule has 8 heteroatoms. The molecule has 1 aliphatic heterocycles. The van der Waals surface area contributed by atoms with Crippen molar-refractivity contribution in [1.29, 1.82) is 0 Å². The van der Waals surface area contributed by atoms with Crippen molar-refractivity contribution in [1.82, 2.24) is 9.80 Å². The van der Waals surface area contributed by atoms with Gasteiger partial charge in [0.25, 0.3) is 0 Å². The van der Waals surface area contributed by atoms with E-state index in [1.54, 1.807) is 16.7 Å². The van der Waals surface area contributed by atoms with E-state index in [1.807, 2.05) is 30.3 Å². The van der Waals surface area contributed by atoms with E-state index in [-0.39, 0.29) is 18.0 Å². The topological polar surface area (TPSA) is 114 Å². The molecule has 0 unspecified atom stereocenters. The summed E-state index contributed by atoms with van der Waals surface area (Å²) in [7, 11) is 0. The van der Waals surface area contributed by atoms with E-state index in [0.717, 1.165) is 5.56 Å². The summed E-state index contributed by atoms with van der Waals surface area (Å²) in [6.45, 7) is 3.84. The fourth-order valence-electron chi connectivity index (χ4n) is 2.74. The van der Waals surface area contributed by atoms with Crippen molar-refractivity contribution in [2.45, 2.75) is 19.4 Å². The van der Waals surface area contributed by atoms with Crippen LogP contribution >= 0.6 is 0 Å². The van der Waals surface area contributed by atoms with E-state index in [1.165, 1.54) is 0 Å². The third-order valence-corrected chi connectivity index (χ3v) is 3.98. The Hall–Kier alpha value is -2.77. The molecule has 8 nitrogen and oxygen atoms in total. The highest BCUT2D eigenvalue weighted by atomic mass is 16.6. The third kappa shape index (κ3) is 5.37. The average molecular weight is 347 g/mol. The van der Waals surface area contributed by atoms with Crippen LogP contribution in [0.3, 0.4) is 0 Å². The molecule has 0 saturated carbocycles. The van der Waals surface area contributed by atoms with Gasteiger partial charge in [-0.05, 0) is 12.5 Å². The Labute approximate surface area is 147 Å². The molecule has 0 bridgehead atoms. The summed E-state index contributed by atoms with van der Waals surface area (Å²) in [5.74, 6) is -0.250. The number of hydrogen-bond donors (Lipinski definition) is 2. The number of amides is 2. The summed E-state index contributed by atoms with van der Waals surface area (Å²) in [5, 5.41) is 0. The molecule has 136 valence electrons. The van der Waals surface area contributed by atoms with Crippen LogP contribution < -0.4 is 11.5 Å². The van der Waals surface area contributed by atoms with Crippen LogP contribution in [0.1, 0.15) is 12.5 Å². The Morgan fingerprint density at radius 1 is 1.12 bits per heavy atom. The Morgan fingerprint density at radius 2 is 1.72 bits per heavy atom. The van der Waals surface area contributed by atoms with Crippen LogP contribution in [0.15, 0.2) is 35.3 Å². The molecule has 1 heterocycles. The number of hydrogen-bond acceptors (Lipinski definition) is 4. The summed E-state index contributed by atoms with van der Waals surface area (Å²) in [6.07, 6.45) is 0.0787. The fraction of sp³-hybridized carbons (Fsp3) is 0.471. The molecular weight excluding hydrogens is 322 g/mol. The van der Waals surface area contributed by atoms with Crippen molar-refractivity contribution >= 4 is 18.0 Å². The van der Waals surface area contributed by atoms with Gasteiger partial charge in [-0.2, -0.15) is 0 Å². The van der Waals surface area contributed by atoms with Crippen LogP contribution in [0.25, 0.3) is 0 Å². The van der Waals surface area contributed by atoms with Crippen LogP contribution in [0.4, 0.5) is 4.79 Å². The van der Waals surface area contributed by atoms with E-state index in [2.05, 4.69) is 4.99 Å². The summed E-state index contributed by atoms with van der Waals surface area (Å²) in [5.41, 5.74) is 12.0. The van der Waals surface area contributed by atoms with E-state index in [0.29, 0.717) is 39.2 Å². The van der Waals surface area contributed by atoms with Crippen molar-refractivity contribution in [2.24, 2.45) is 16.5 Å². The van der Waals surface area contributed by atoms with Crippen molar-refractivity contribution in [3.05, 3.63) is 35.9 Å². The van der Waals surface area contributed by atoms with Crippen LogP contribution in [0.5, 0.6) is 0 Å². The van der Waals surface area contributed by atoms with Gasteiger partial charge in [0.2, 0.25) is 5.91 Å². The van der Waals surface area contributed by atoms with Crippen LogP contribution in [-0.4, -0.2) is 66.6 Å². The molecule has 0 aromatic heterocycles. The number of rotatable bonds is 5. The summed E-state index contributed by atoms with van der Waals surface area (Å²) < 4.78 is 4.98. The molecule has 2 amide bonds. The largest absolute Gasteiger partial charge is 0.450 e. The molecule has 0 radical (unpaired) electrons. The molecule has 1 atom stereocenters. The van der Waals surface area contributed by atoms with Gasteiger partial charge < -0.3 is 26.0 Å². The number of guanidine groups is 1. The summed E-state index contributed by atoms with van der Waals surface area (Å²) >= 11 is 0. The number of carbonyl (C=O) groups is 2. The Balaban J connectivity index is 2.00. The van der Waals surface area contributed by atoms with Crippen molar-refractivity contribution < 1.29 is 14.3 Å². The SMILES string of the molecule is CCOC(=O)N1CCN(C(=O)[C@H](Cc2ccccc2)N=C(N)N)CC1. The molecule has 2 rings (SSSR count). The molecule has 1 aromatic rings. The first-order valence-electron chi connectivity index (χ1n) is 8.34. The van der Waals surface area contributed by atoms with Gasteiger partial charge in [0, 0.05) is 32.6 Å². The van der Waals surface area contributed by atoms with E-state index < -0.39 is 6.04 Å². The minimum Gasteiger partial charge on any atom is -0.450 e. The number of aliphatic imine (C=N–C) groups is 1. The van der Waals surface area contributed by atoms with Crippen LogP contribution in [-0.2, 0) is 16.0 Å². The highest BCUT2D eigenvalue weighted by molar-refractivity contribution is 5.86. The minimum atomic E-state index is -0.665. The monoisotopic (exact) mass is 347 g/mol. The first kappa shape index (κ1) is 18.6. The van der Waals surface area contributed by atoms with E-state index in [9.17, 15) is 9.59 Å². The smallest absolute Gasteiger partial charge is 0.409 e. The molecule has 1 aliphatic rings. The van der Waals surface area contributed by atoms with Crippen molar-refractivity contribution in [3.8, 4) is 0 Å². The van der Waals surface area contributed by atoms with Crippen molar-refractivity contribution in [3.63, 3.8) is 0 Å². The molecule has 0 aliphatic carbocycles. The number of benzene rings is 1. The standard InChI is InChI=1S/C17H25N5O3/c1-2-25-17(24)22-10-8-21(9-11-22)15(23)14(20-16(18)19)12-13-6-4-3-5-7-13/h3-7,14H,2,8-12H2,1H3,(H4,18,19,20)/t14-/m0/s1. The van der Waals surface area contributed by atoms with Gasteiger partial charge in [-0.25, -0.2) is 9.79 Å². The zero-order valence-electron chi connectivity index (χ0n) is 14.4. The average Bonchev–Trinajstić information content (AvgIpc) is 2.61. The second-order valence-electron chi connectivity index (χ2n) is 5.77. The number of nitrogens with two attached hydrogens (primary N) is 2. The van der Waals surface area contributed by atoms with Crippen molar-refractivity contribution in [2.75, 3.05) is 32.8 Å². The summed E-state index contributed by atoms with van der Waals surface area (Å²) in [6, 6.07) is 8.92. The molecule has 4 N–H and O–H groups in total. The second kappa shape index (κ2) is 8.91. The molecule has 1 aromatic carbocycles. The molecule has 1 fully saturated rings. The van der Waals surface area contributed by atoms with Gasteiger partial charge >= 0.3 is 6.09 Å². The lowest BCUT2D eigenvalue weighted by Crippen LogP contribution is -2.53. The zero-order chi connectivity index (χ0) is 18.2. The van der Waals surface area contributed by atoms with Crippen LogP contribution in [0.2, 0.25) is 0 Å². The molecular formula is C17H25N5O3. The van der Waals surface area contributed by atoms with E-state index in [4.69, 9.17) is 16.2 Å². The zero-order valence-corrected chi connectivity index (χ0v) is 14.4. The quantitative estimate of drug-likeness (QED) is 0.582. The minimum absolute atomic E-state index is 0.112. The van der Waals surface area contributed by atoms with Gasteiger partial charge in [-0.1, -0.05) is 30.3 Å². The normalized spacial score (nSPS) is 15.4. The maximum absolute atomic E-state index is 12.8. The molecule has 0 spiro atoms. The molecule has 1 saturated heterocycles. The highest BCUT2D eigenvalue weighted by Gasteiger charge is 2.29. The number of nitrogens with zero attached hydrogens (tertiary/aromatic N) is 3. The van der Waals surface area contributed by atoms with Gasteiger partial charge in [0.15, 0.2) is 5.96 Å². The van der Waals surface area contributed by atoms with Gasteiger partial charge in [0.1, 0.15) is 6.04 Å². The second-order valence-corrected chi connectivity index (χ2v) is 5.77. The Kier molecular flexibility index (Phi) is 6.62. The van der Waals surface area contributed by atoms with Gasteiger partial charge in [-0.15, -0.1) is 0 Å². The maximum atomic E-state index is 12.8. The summed E-state index contributed by atoms with van der Waals surface area (Å²) in [4.78, 5) is 31.9. The van der Waals surface area contributed by atoms with E-state index >= 15 is 0 Å². The first-order chi connectivity index (χ1) is 12.0. The number of piperazine rings is 1. The fourth-order valence-corrected chi connectivity index (χ4v) is 2.74. The first-order valence-corrected chi connectivity index (χ1v) is 8.34. The lowest BCUT2D eigenvalue weighted by atomic mass is 10.0. The van der Waals surface area contributed by atoms with Crippen LogP contribution in [0, 0.1) is 0 Å². The predicted octanol–water partition coefficient (Wildman–Crippen LogP) is 0.172.